The van der Waals surface area contributed by atoms with Crippen molar-refractivity contribution < 1.29 is 4.79 Å². The molecular formula is C13H25N3O. The summed E-state index contributed by atoms with van der Waals surface area (Å²) in [6, 6.07) is 0.162. The van der Waals surface area contributed by atoms with Gasteiger partial charge >= 0.3 is 0 Å². The molecule has 1 aliphatic carbocycles. The number of piperidine rings is 1. The first kappa shape index (κ1) is 12.8. The Bertz CT molecular complexity index is 269. The second kappa shape index (κ2) is 5.83. The van der Waals surface area contributed by atoms with Gasteiger partial charge in [0.1, 0.15) is 0 Å². The van der Waals surface area contributed by atoms with E-state index in [1.54, 1.807) is 0 Å². The van der Waals surface area contributed by atoms with Crippen molar-refractivity contribution >= 4 is 5.91 Å². The molecule has 0 aromatic heterocycles. The van der Waals surface area contributed by atoms with Gasteiger partial charge in [0.15, 0.2) is 0 Å². The molecule has 4 nitrogen and oxygen atoms in total. The second-order valence-corrected chi connectivity index (χ2v) is 5.65. The molecule has 4 heteroatoms. The van der Waals surface area contributed by atoms with Crippen LogP contribution in [0.5, 0.6) is 0 Å². The monoisotopic (exact) mass is 239 g/mol. The molecule has 0 aromatic carbocycles. The minimum atomic E-state index is -0.230. The van der Waals surface area contributed by atoms with E-state index < -0.39 is 0 Å². The number of nitrogens with two attached hydrogens (primary N) is 2. The Kier molecular flexibility index (Phi) is 4.40. The van der Waals surface area contributed by atoms with E-state index in [9.17, 15) is 4.79 Å². The zero-order chi connectivity index (χ0) is 12.3. The first-order chi connectivity index (χ1) is 8.20. The summed E-state index contributed by atoms with van der Waals surface area (Å²) >= 11 is 0. The van der Waals surface area contributed by atoms with Crippen LogP contribution in [0.1, 0.15) is 38.5 Å². The Labute approximate surface area is 104 Å². The molecule has 2 rings (SSSR count). The van der Waals surface area contributed by atoms with Gasteiger partial charge in [0, 0.05) is 25.6 Å². The van der Waals surface area contributed by atoms with Crippen LogP contribution in [0.3, 0.4) is 0 Å². The third kappa shape index (κ3) is 3.19. The van der Waals surface area contributed by atoms with Crippen molar-refractivity contribution in [1.82, 2.24) is 4.90 Å². The molecule has 0 spiro atoms. The van der Waals surface area contributed by atoms with E-state index in [4.69, 9.17) is 11.5 Å². The highest BCUT2D eigenvalue weighted by Crippen LogP contribution is 2.36. The molecule has 2 fully saturated rings. The van der Waals surface area contributed by atoms with Gasteiger partial charge in [-0.2, -0.15) is 0 Å². The minimum absolute atomic E-state index is 0.162. The third-order valence-corrected chi connectivity index (χ3v) is 4.55. The van der Waals surface area contributed by atoms with Gasteiger partial charge in [0.05, 0.1) is 0 Å². The van der Waals surface area contributed by atoms with Crippen LogP contribution < -0.4 is 11.5 Å². The van der Waals surface area contributed by atoms with Crippen molar-refractivity contribution in [3.63, 3.8) is 0 Å². The van der Waals surface area contributed by atoms with Gasteiger partial charge in [0.2, 0.25) is 5.91 Å². The Morgan fingerprint density at radius 3 is 2.59 bits per heavy atom. The summed E-state index contributed by atoms with van der Waals surface area (Å²) in [5, 5.41) is 0. The van der Waals surface area contributed by atoms with Gasteiger partial charge in [-0.1, -0.05) is 19.3 Å². The predicted molar refractivity (Wildman–Crippen MR) is 68.3 cm³/mol. The van der Waals surface area contributed by atoms with Crippen LogP contribution in [-0.4, -0.2) is 36.5 Å². The summed E-state index contributed by atoms with van der Waals surface area (Å²) in [4.78, 5) is 13.4. The van der Waals surface area contributed by atoms with E-state index in [1.807, 2.05) is 0 Å². The summed E-state index contributed by atoms with van der Waals surface area (Å²) < 4.78 is 0. The van der Waals surface area contributed by atoms with Gasteiger partial charge in [-0.3, -0.25) is 9.69 Å². The number of amides is 1. The molecule has 0 radical (unpaired) electrons. The predicted octanol–water partition coefficient (Wildman–Crippen LogP) is 0.701. The smallest absolute Gasteiger partial charge is 0.219 e. The molecule has 1 aliphatic heterocycles. The number of fused-ring (bicyclic) bond motifs is 1. The molecule has 2 aliphatic rings. The standard InChI is InChI=1S/C13H25N3O/c14-8-12(7-13(15)17)16-6-5-10-3-1-2-4-11(10)9-16/h10-12H,1-9,14H2,(H2,15,17). The molecule has 1 amide bonds. The Balaban J connectivity index is 1.91. The van der Waals surface area contributed by atoms with Crippen LogP contribution in [0.15, 0.2) is 0 Å². The summed E-state index contributed by atoms with van der Waals surface area (Å²) in [7, 11) is 0. The van der Waals surface area contributed by atoms with E-state index in [0.717, 1.165) is 24.9 Å². The maximum absolute atomic E-state index is 11.0. The summed E-state index contributed by atoms with van der Waals surface area (Å²) in [5.74, 6) is 1.53. The Hall–Kier alpha value is -0.610. The van der Waals surface area contributed by atoms with E-state index in [-0.39, 0.29) is 11.9 Å². The zero-order valence-electron chi connectivity index (χ0n) is 10.6. The van der Waals surface area contributed by atoms with Crippen molar-refractivity contribution in [3.8, 4) is 0 Å². The lowest BCUT2D eigenvalue weighted by Crippen LogP contribution is -2.50. The Morgan fingerprint density at radius 1 is 1.24 bits per heavy atom. The number of carbonyl (C=O) groups is 1. The molecule has 3 unspecified atom stereocenters. The van der Waals surface area contributed by atoms with Crippen LogP contribution in [-0.2, 0) is 4.79 Å². The molecule has 1 heterocycles. The van der Waals surface area contributed by atoms with Crippen LogP contribution in [0.2, 0.25) is 0 Å². The molecule has 0 aromatic rings. The van der Waals surface area contributed by atoms with Crippen LogP contribution in [0.4, 0.5) is 0 Å². The number of likely N-dealkylation sites (tertiary alicyclic amines) is 1. The highest BCUT2D eigenvalue weighted by Gasteiger charge is 2.33. The molecule has 0 bridgehead atoms. The van der Waals surface area contributed by atoms with Crippen molar-refractivity contribution in [2.45, 2.75) is 44.6 Å². The highest BCUT2D eigenvalue weighted by atomic mass is 16.1. The number of nitrogens with zero attached hydrogens (tertiary/aromatic N) is 1. The Morgan fingerprint density at radius 2 is 1.94 bits per heavy atom. The summed E-state index contributed by atoms with van der Waals surface area (Å²) in [6.07, 6.45) is 7.23. The van der Waals surface area contributed by atoms with Crippen molar-refractivity contribution in [2.75, 3.05) is 19.6 Å². The maximum Gasteiger partial charge on any atom is 0.219 e. The molecule has 1 saturated heterocycles. The summed E-state index contributed by atoms with van der Waals surface area (Å²) in [6.45, 7) is 2.76. The zero-order valence-corrected chi connectivity index (χ0v) is 10.6. The topological polar surface area (TPSA) is 72.3 Å². The van der Waals surface area contributed by atoms with E-state index >= 15 is 0 Å². The van der Waals surface area contributed by atoms with Gasteiger partial charge in [0.25, 0.3) is 0 Å². The van der Waals surface area contributed by atoms with Crippen LogP contribution in [0, 0.1) is 11.8 Å². The van der Waals surface area contributed by atoms with Gasteiger partial charge < -0.3 is 11.5 Å². The number of carbonyl (C=O) groups excluding carboxylic acids is 1. The van der Waals surface area contributed by atoms with E-state index in [2.05, 4.69) is 4.90 Å². The third-order valence-electron chi connectivity index (χ3n) is 4.55. The quantitative estimate of drug-likeness (QED) is 0.758. The SMILES string of the molecule is NCC(CC(N)=O)N1CCC2CCCCC2C1. The largest absolute Gasteiger partial charge is 0.370 e. The highest BCUT2D eigenvalue weighted by molar-refractivity contribution is 5.74. The van der Waals surface area contributed by atoms with E-state index in [1.165, 1.54) is 32.1 Å². The lowest BCUT2D eigenvalue weighted by molar-refractivity contribution is -0.119. The molecule has 98 valence electrons. The maximum atomic E-state index is 11.0. The first-order valence-electron chi connectivity index (χ1n) is 6.93. The molecule has 1 saturated carbocycles. The lowest BCUT2D eigenvalue weighted by Gasteiger charge is -2.44. The molecular weight excluding hydrogens is 214 g/mol. The van der Waals surface area contributed by atoms with Crippen LogP contribution in [0.25, 0.3) is 0 Å². The fourth-order valence-electron chi connectivity index (χ4n) is 3.55. The minimum Gasteiger partial charge on any atom is -0.370 e. The first-order valence-corrected chi connectivity index (χ1v) is 6.93. The van der Waals surface area contributed by atoms with Crippen LogP contribution >= 0.6 is 0 Å². The van der Waals surface area contributed by atoms with Gasteiger partial charge in [-0.15, -0.1) is 0 Å². The fraction of sp³-hybridized carbons (Fsp3) is 0.923. The molecule has 3 atom stereocenters. The molecule has 4 N–H and O–H groups in total. The van der Waals surface area contributed by atoms with Crippen molar-refractivity contribution in [2.24, 2.45) is 23.3 Å². The summed E-state index contributed by atoms with van der Waals surface area (Å²) in [5.41, 5.74) is 11.1. The average Bonchev–Trinajstić information content (AvgIpc) is 2.35. The van der Waals surface area contributed by atoms with Crippen molar-refractivity contribution in [3.05, 3.63) is 0 Å². The number of primary amides is 1. The normalized spacial score (nSPS) is 31.8. The number of rotatable bonds is 4. The molecule has 17 heavy (non-hydrogen) atoms. The lowest BCUT2D eigenvalue weighted by atomic mass is 9.75. The van der Waals surface area contributed by atoms with Gasteiger partial charge in [-0.05, 0) is 31.2 Å². The van der Waals surface area contributed by atoms with Gasteiger partial charge in [-0.25, -0.2) is 0 Å². The number of hydrogen-bond acceptors (Lipinski definition) is 3. The van der Waals surface area contributed by atoms with Crippen molar-refractivity contribution in [1.29, 1.82) is 0 Å². The average molecular weight is 239 g/mol. The number of hydrogen-bond donors (Lipinski definition) is 2. The second-order valence-electron chi connectivity index (χ2n) is 5.65. The van der Waals surface area contributed by atoms with E-state index in [0.29, 0.717) is 13.0 Å². The fourth-order valence-corrected chi connectivity index (χ4v) is 3.55.